The highest BCUT2D eigenvalue weighted by atomic mass is 127. The molecule has 50 valence electrons. The van der Waals surface area contributed by atoms with E-state index in [4.69, 9.17) is 5.73 Å². The van der Waals surface area contributed by atoms with Crippen molar-refractivity contribution in [2.75, 3.05) is 11.2 Å². The Balaban J connectivity index is 2.61. The topological polar surface area (TPSA) is 47.3 Å². The first-order valence-electron chi connectivity index (χ1n) is 2.20. The smallest absolute Gasteiger partial charge is 0.145 e. The number of nitrogens with one attached hydrogen (secondary N) is 1. The molecule has 0 aliphatic heterocycles. The number of thiophene rings is 1. The van der Waals surface area contributed by atoms with Gasteiger partial charge in [-0.25, -0.2) is 3.17 Å². The van der Waals surface area contributed by atoms with Crippen LogP contribution in [0.5, 0.6) is 0 Å². The minimum atomic E-state index is 0.783. The molecule has 0 radical (unpaired) electrons. The van der Waals surface area contributed by atoms with Gasteiger partial charge in [0.25, 0.3) is 0 Å². The number of halogens is 1. The molecule has 1 aromatic heterocycles. The van der Waals surface area contributed by atoms with Crippen LogP contribution in [-0.4, -0.2) is 0 Å². The van der Waals surface area contributed by atoms with Gasteiger partial charge in [-0.05, 0) is 6.07 Å². The van der Waals surface area contributed by atoms with E-state index in [1.54, 1.807) is 23.0 Å². The molecule has 5 heteroatoms. The second-order valence-electron chi connectivity index (χ2n) is 1.42. The average Bonchev–Trinajstić information content (AvgIpc) is 2.17. The van der Waals surface area contributed by atoms with Crippen LogP contribution in [0.3, 0.4) is 0 Å². The van der Waals surface area contributed by atoms with E-state index < -0.39 is 0 Å². The van der Waals surface area contributed by atoms with Crippen molar-refractivity contribution in [1.82, 2.24) is 0 Å². The molecule has 0 saturated carbocycles. The third-order valence-electron chi connectivity index (χ3n) is 0.776. The summed E-state index contributed by atoms with van der Waals surface area (Å²) in [6.07, 6.45) is 0. The molecule has 0 unspecified atom stereocenters. The lowest BCUT2D eigenvalue weighted by atomic mass is 10.5. The van der Waals surface area contributed by atoms with E-state index in [1.807, 2.05) is 11.4 Å². The van der Waals surface area contributed by atoms with Crippen LogP contribution < -0.4 is 11.2 Å². The number of hydrogen-bond donors (Lipinski definition) is 2. The van der Waals surface area contributed by atoms with Gasteiger partial charge in [0.15, 0.2) is 0 Å². The summed E-state index contributed by atoms with van der Waals surface area (Å²) in [5, 5.41) is 2.67. The van der Waals surface area contributed by atoms with E-state index in [2.05, 4.69) is 8.65 Å². The highest BCUT2D eigenvalue weighted by Gasteiger charge is 1.92. The number of hydrogen-bond acceptors (Lipinski definition) is 4. The van der Waals surface area contributed by atoms with Crippen molar-refractivity contribution < 1.29 is 3.17 Å². The van der Waals surface area contributed by atoms with Crippen molar-refractivity contribution in [2.45, 2.75) is 0 Å². The average molecular weight is 256 g/mol. The third-order valence-corrected chi connectivity index (χ3v) is 1.76. The van der Waals surface area contributed by atoms with E-state index >= 15 is 0 Å². The van der Waals surface area contributed by atoms with Crippen LogP contribution in [0.25, 0.3) is 0 Å². The highest BCUT2D eigenvalue weighted by Crippen LogP contribution is 2.20. The Morgan fingerprint density at radius 2 is 2.56 bits per heavy atom. The van der Waals surface area contributed by atoms with Crippen molar-refractivity contribution in [3.63, 3.8) is 0 Å². The molecule has 0 aliphatic carbocycles. The van der Waals surface area contributed by atoms with Crippen molar-refractivity contribution in [3.8, 4) is 0 Å². The summed E-state index contributed by atoms with van der Waals surface area (Å²) in [6.45, 7) is 0. The van der Waals surface area contributed by atoms with Crippen LogP contribution in [0.2, 0.25) is 0 Å². The molecular formula is C4H5IN2OS. The first-order valence-corrected chi connectivity index (χ1v) is 3.96. The summed E-state index contributed by atoms with van der Waals surface area (Å²) in [7, 11) is 0. The van der Waals surface area contributed by atoms with Crippen LogP contribution in [0.15, 0.2) is 11.4 Å². The number of anilines is 2. The summed E-state index contributed by atoms with van der Waals surface area (Å²) in [4.78, 5) is 0. The molecule has 0 atom stereocenters. The number of rotatable bonds is 2. The molecule has 0 aliphatic rings. The molecule has 0 aromatic carbocycles. The van der Waals surface area contributed by atoms with Gasteiger partial charge >= 0.3 is 0 Å². The monoisotopic (exact) mass is 256 g/mol. The fourth-order valence-electron chi connectivity index (χ4n) is 0.451. The lowest BCUT2D eigenvalue weighted by Gasteiger charge is -1.92. The maximum atomic E-state index is 5.43. The van der Waals surface area contributed by atoms with Crippen LogP contribution >= 0.6 is 34.3 Å². The van der Waals surface area contributed by atoms with Crippen LogP contribution in [0, 0.1) is 0 Å². The van der Waals surface area contributed by atoms with Gasteiger partial charge in [-0.1, -0.05) is 0 Å². The zero-order valence-corrected chi connectivity index (χ0v) is 7.40. The molecule has 3 nitrogen and oxygen atoms in total. The maximum Gasteiger partial charge on any atom is 0.145 e. The predicted molar refractivity (Wildman–Crippen MR) is 47.5 cm³/mol. The second kappa shape index (κ2) is 3.23. The van der Waals surface area contributed by atoms with Crippen LogP contribution in [0.1, 0.15) is 0 Å². The standard InChI is InChI=1S/C4H5IN2OS/c5-8-7-3-1-4(6)9-2-3/h1-2,7H,6H2. The minimum absolute atomic E-state index is 0.783. The quantitative estimate of drug-likeness (QED) is 0.628. The summed E-state index contributed by atoms with van der Waals surface area (Å²) in [5.41, 5.74) is 8.97. The Labute approximate surface area is 70.8 Å². The van der Waals surface area contributed by atoms with Gasteiger partial charge in [0, 0.05) is 5.38 Å². The lowest BCUT2D eigenvalue weighted by molar-refractivity contribution is 0.541. The molecule has 9 heavy (non-hydrogen) atoms. The van der Waals surface area contributed by atoms with Crippen molar-refractivity contribution in [1.29, 1.82) is 0 Å². The normalized spacial score (nSPS) is 9.44. The van der Waals surface area contributed by atoms with Crippen LogP contribution in [0.4, 0.5) is 10.7 Å². The molecule has 0 fully saturated rings. The molecule has 1 heterocycles. The summed E-state index contributed by atoms with van der Waals surface area (Å²) >= 11 is 3.23. The molecule has 3 N–H and O–H groups in total. The van der Waals surface area contributed by atoms with Crippen LogP contribution in [-0.2, 0) is 3.17 Å². The predicted octanol–water partition coefficient (Wildman–Crippen LogP) is 2.02. The first-order chi connectivity index (χ1) is 4.33. The molecule has 0 bridgehead atoms. The van der Waals surface area contributed by atoms with E-state index in [9.17, 15) is 0 Å². The molecule has 0 spiro atoms. The van der Waals surface area contributed by atoms with Gasteiger partial charge in [-0.15, -0.1) is 11.3 Å². The van der Waals surface area contributed by atoms with Gasteiger partial charge in [-0.2, -0.15) is 0 Å². The van der Waals surface area contributed by atoms with Gasteiger partial charge < -0.3 is 5.73 Å². The lowest BCUT2D eigenvalue weighted by Crippen LogP contribution is -1.87. The Morgan fingerprint density at radius 3 is 3.00 bits per heavy atom. The van der Waals surface area contributed by atoms with Crippen molar-refractivity contribution >= 4 is 45.0 Å². The van der Waals surface area contributed by atoms with E-state index in [1.165, 1.54) is 11.3 Å². The Kier molecular flexibility index (Phi) is 2.55. The first kappa shape index (κ1) is 7.10. The van der Waals surface area contributed by atoms with Gasteiger partial charge in [-0.3, -0.25) is 5.48 Å². The van der Waals surface area contributed by atoms with E-state index in [0.29, 0.717) is 0 Å². The molecule has 0 saturated heterocycles. The highest BCUT2D eigenvalue weighted by molar-refractivity contribution is 14.1. The van der Waals surface area contributed by atoms with Gasteiger partial charge in [0.2, 0.25) is 0 Å². The molecule has 1 rings (SSSR count). The fourth-order valence-corrected chi connectivity index (χ4v) is 1.28. The molecule has 0 amide bonds. The third kappa shape index (κ3) is 1.99. The Hall–Kier alpha value is -0.0100. The number of nitrogens with two attached hydrogens (primary N) is 1. The SMILES string of the molecule is Nc1cc(NOI)cs1. The van der Waals surface area contributed by atoms with E-state index in [0.717, 1.165) is 10.7 Å². The zero-order valence-electron chi connectivity index (χ0n) is 4.43. The molecular weight excluding hydrogens is 251 g/mol. The zero-order chi connectivity index (χ0) is 6.69. The molecule has 1 aromatic rings. The summed E-state index contributed by atoms with van der Waals surface area (Å²) < 4.78 is 4.61. The summed E-state index contributed by atoms with van der Waals surface area (Å²) in [6, 6.07) is 1.81. The van der Waals surface area contributed by atoms with Crippen molar-refractivity contribution in [3.05, 3.63) is 11.4 Å². The van der Waals surface area contributed by atoms with E-state index in [-0.39, 0.29) is 0 Å². The Bertz CT molecular complexity index is 190. The van der Waals surface area contributed by atoms with Crippen molar-refractivity contribution in [2.24, 2.45) is 0 Å². The fraction of sp³-hybridized carbons (Fsp3) is 0. The summed E-state index contributed by atoms with van der Waals surface area (Å²) in [5.74, 6) is 0. The number of nitrogen functional groups attached to an aromatic ring is 1. The second-order valence-corrected chi connectivity index (χ2v) is 2.80. The largest absolute Gasteiger partial charge is 0.391 e. The minimum Gasteiger partial charge on any atom is -0.391 e. The van der Waals surface area contributed by atoms with Gasteiger partial charge in [0.05, 0.1) is 10.7 Å². The maximum absolute atomic E-state index is 5.43. The Morgan fingerprint density at radius 1 is 1.78 bits per heavy atom. The van der Waals surface area contributed by atoms with Gasteiger partial charge in [0.1, 0.15) is 23.0 Å².